The number of hydrogen-bond donors (Lipinski definition) is 0. The van der Waals surface area contributed by atoms with Crippen LogP contribution in [0.25, 0.3) is 0 Å². The first-order chi connectivity index (χ1) is 10.2. The average molecular weight is 275 g/mol. The molecule has 104 valence electrons. The fraction of sp³-hybridized carbons (Fsp3) is 0.222. The monoisotopic (exact) mass is 275 g/mol. The van der Waals surface area contributed by atoms with Crippen molar-refractivity contribution in [2.45, 2.75) is 19.0 Å². The molecule has 2 aromatic carbocycles. The van der Waals surface area contributed by atoms with Crippen molar-refractivity contribution >= 4 is 0 Å². The average Bonchev–Trinajstić information content (AvgIpc) is 2.53. The Kier molecular flexibility index (Phi) is 5.10. The second kappa shape index (κ2) is 7.24. The van der Waals surface area contributed by atoms with Gasteiger partial charge in [0, 0.05) is 12.6 Å². The van der Waals surface area contributed by atoms with Gasteiger partial charge in [0.15, 0.2) is 0 Å². The van der Waals surface area contributed by atoms with E-state index in [0.29, 0.717) is 18.5 Å². The Labute approximate surface area is 125 Å². The van der Waals surface area contributed by atoms with Crippen LogP contribution >= 0.6 is 0 Å². The minimum absolute atomic E-state index is 0.0574. The van der Waals surface area contributed by atoms with Crippen molar-refractivity contribution in [1.82, 2.24) is 4.90 Å². The Balaban J connectivity index is 2.18. The van der Waals surface area contributed by atoms with Gasteiger partial charge in [-0.3, -0.25) is 4.90 Å². The number of nitrogens with zero attached hydrogens (tertiary/aromatic N) is 3. The number of rotatable bonds is 5. The molecule has 0 saturated heterocycles. The zero-order valence-electron chi connectivity index (χ0n) is 12.0. The zero-order chi connectivity index (χ0) is 15.1. The minimum Gasteiger partial charge on any atom is -0.294 e. The summed E-state index contributed by atoms with van der Waals surface area (Å²) in [4.78, 5) is 2.15. The smallest absolute Gasteiger partial charge is 0.0991 e. The summed E-state index contributed by atoms with van der Waals surface area (Å²) < 4.78 is 0. The summed E-state index contributed by atoms with van der Waals surface area (Å²) in [5, 5.41) is 18.0. The topological polar surface area (TPSA) is 50.8 Å². The van der Waals surface area contributed by atoms with E-state index in [0.717, 1.165) is 11.1 Å². The molecule has 2 rings (SSSR count). The molecule has 0 aliphatic carbocycles. The quantitative estimate of drug-likeness (QED) is 0.837. The van der Waals surface area contributed by atoms with Gasteiger partial charge in [-0.2, -0.15) is 10.5 Å². The summed E-state index contributed by atoms with van der Waals surface area (Å²) in [6.45, 7) is 0.705. The maximum absolute atomic E-state index is 9.08. The predicted molar refractivity (Wildman–Crippen MR) is 82.0 cm³/mol. The largest absolute Gasteiger partial charge is 0.294 e. The second-order valence-electron chi connectivity index (χ2n) is 5.02. The third kappa shape index (κ3) is 3.92. The van der Waals surface area contributed by atoms with E-state index in [2.05, 4.69) is 17.0 Å². The van der Waals surface area contributed by atoms with Crippen molar-refractivity contribution in [2.24, 2.45) is 0 Å². The van der Waals surface area contributed by atoms with Gasteiger partial charge >= 0.3 is 0 Å². The maximum Gasteiger partial charge on any atom is 0.0991 e. The summed E-state index contributed by atoms with van der Waals surface area (Å²) in [6.07, 6.45) is 0.443. The predicted octanol–water partition coefficient (Wildman–Crippen LogP) is 3.65. The normalized spacial score (nSPS) is 11.6. The lowest BCUT2D eigenvalue weighted by Gasteiger charge is -2.26. The van der Waals surface area contributed by atoms with Gasteiger partial charge in [-0.1, -0.05) is 42.5 Å². The van der Waals surface area contributed by atoms with Crippen LogP contribution in [0.4, 0.5) is 0 Å². The lowest BCUT2D eigenvalue weighted by molar-refractivity contribution is 0.239. The number of benzene rings is 2. The van der Waals surface area contributed by atoms with Gasteiger partial charge in [-0.25, -0.2) is 0 Å². The first-order valence-electron chi connectivity index (χ1n) is 6.85. The Morgan fingerprint density at radius 1 is 1.05 bits per heavy atom. The maximum atomic E-state index is 9.08. The molecule has 2 aromatic rings. The molecule has 0 aliphatic heterocycles. The minimum atomic E-state index is 0.0574. The molecule has 0 radical (unpaired) electrons. The van der Waals surface area contributed by atoms with Crippen LogP contribution < -0.4 is 0 Å². The highest BCUT2D eigenvalue weighted by Crippen LogP contribution is 2.24. The Morgan fingerprint density at radius 3 is 2.48 bits per heavy atom. The van der Waals surface area contributed by atoms with Crippen LogP contribution in [0.1, 0.15) is 29.2 Å². The van der Waals surface area contributed by atoms with Crippen molar-refractivity contribution in [3.8, 4) is 12.1 Å². The van der Waals surface area contributed by atoms with Crippen molar-refractivity contribution < 1.29 is 0 Å². The van der Waals surface area contributed by atoms with Crippen LogP contribution in [0.15, 0.2) is 54.6 Å². The third-order valence-electron chi connectivity index (χ3n) is 3.49. The molecule has 0 aromatic heterocycles. The van der Waals surface area contributed by atoms with Crippen LogP contribution in [0.3, 0.4) is 0 Å². The van der Waals surface area contributed by atoms with E-state index >= 15 is 0 Å². The highest BCUT2D eigenvalue weighted by molar-refractivity contribution is 5.33. The third-order valence-corrected chi connectivity index (χ3v) is 3.49. The van der Waals surface area contributed by atoms with Gasteiger partial charge in [-0.05, 0) is 30.3 Å². The molecule has 3 nitrogen and oxygen atoms in total. The summed E-state index contributed by atoms with van der Waals surface area (Å²) in [5.74, 6) is 0. The summed E-state index contributed by atoms with van der Waals surface area (Å²) in [6, 6.07) is 22.1. The fourth-order valence-corrected chi connectivity index (χ4v) is 2.43. The zero-order valence-corrected chi connectivity index (χ0v) is 12.0. The molecule has 0 fully saturated rings. The molecule has 0 amide bonds. The first kappa shape index (κ1) is 14.8. The Hall–Kier alpha value is -2.62. The summed E-state index contributed by atoms with van der Waals surface area (Å²) in [5.41, 5.74) is 2.88. The van der Waals surface area contributed by atoms with Crippen molar-refractivity contribution in [1.29, 1.82) is 10.5 Å². The van der Waals surface area contributed by atoms with Crippen molar-refractivity contribution in [3.63, 3.8) is 0 Å². The van der Waals surface area contributed by atoms with E-state index in [-0.39, 0.29) is 6.04 Å². The van der Waals surface area contributed by atoms with E-state index in [4.69, 9.17) is 10.5 Å². The van der Waals surface area contributed by atoms with Crippen molar-refractivity contribution in [3.05, 3.63) is 71.3 Å². The number of hydrogen-bond acceptors (Lipinski definition) is 3. The molecule has 0 heterocycles. The number of nitriles is 2. The van der Waals surface area contributed by atoms with Crippen molar-refractivity contribution in [2.75, 3.05) is 7.05 Å². The van der Waals surface area contributed by atoms with Gasteiger partial charge in [0.1, 0.15) is 0 Å². The lowest BCUT2D eigenvalue weighted by atomic mass is 10.0. The molecule has 0 N–H and O–H groups in total. The Bertz CT molecular complexity index is 665. The van der Waals surface area contributed by atoms with Crippen LogP contribution in [-0.2, 0) is 6.54 Å². The van der Waals surface area contributed by atoms with Crippen LogP contribution in [0.5, 0.6) is 0 Å². The van der Waals surface area contributed by atoms with Gasteiger partial charge in [0.25, 0.3) is 0 Å². The molecule has 21 heavy (non-hydrogen) atoms. The summed E-state index contributed by atoms with van der Waals surface area (Å²) >= 11 is 0. The van der Waals surface area contributed by atoms with E-state index in [1.165, 1.54) is 0 Å². The van der Waals surface area contributed by atoms with Gasteiger partial charge in [0.05, 0.1) is 24.1 Å². The van der Waals surface area contributed by atoms with Gasteiger partial charge in [0.2, 0.25) is 0 Å². The van der Waals surface area contributed by atoms with E-state index in [9.17, 15) is 0 Å². The van der Waals surface area contributed by atoms with Crippen LogP contribution in [0.2, 0.25) is 0 Å². The van der Waals surface area contributed by atoms with E-state index in [1.807, 2.05) is 55.6 Å². The molecule has 0 saturated carbocycles. The highest BCUT2D eigenvalue weighted by Gasteiger charge is 2.16. The molecule has 1 atom stereocenters. The molecule has 0 spiro atoms. The van der Waals surface area contributed by atoms with Crippen LogP contribution in [0, 0.1) is 22.7 Å². The molecule has 0 bridgehead atoms. The molecule has 3 heteroatoms. The SMILES string of the molecule is CN(Cc1cccc(C#N)c1)C(CC#N)c1ccccc1. The van der Waals surface area contributed by atoms with Gasteiger partial charge in [-0.15, -0.1) is 0 Å². The standard InChI is InChI=1S/C18H17N3/c1-21(14-16-7-5-6-15(12-16)13-20)18(10-11-19)17-8-3-2-4-9-17/h2-9,12,18H,10,14H2,1H3. The Morgan fingerprint density at radius 2 is 1.81 bits per heavy atom. The van der Waals surface area contributed by atoms with E-state index in [1.54, 1.807) is 6.07 Å². The fourth-order valence-electron chi connectivity index (χ4n) is 2.43. The van der Waals surface area contributed by atoms with Gasteiger partial charge < -0.3 is 0 Å². The van der Waals surface area contributed by atoms with E-state index < -0.39 is 0 Å². The highest BCUT2D eigenvalue weighted by atomic mass is 15.1. The molecule has 1 unspecified atom stereocenters. The first-order valence-corrected chi connectivity index (χ1v) is 6.85. The molecular formula is C18H17N3. The summed E-state index contributed by atoms with van der Waals surface area (Å²) in [7, 11) is 2.01. The van der Waals surface area contributed by atoms with Crippen LogP contribution in [-0.4, -0.2) is 11.9 Å². The molecular weight excluding hydrogens is 258 g/mol. The second-order valence-corrected chi connectivity index (χ2v) is 5.02. The lowest BCUT2D eigenvalue weighted by Crippen LogP contribution is -2.24. The molecule has 0 aliphatic rings.